The number of rotatable bonds is 7. The Morgan fingerprint density at radius 3 is 2.53 bits per heavy atom. The molecule has 0 aliphatic heterocycles. The van der Waals surface area contributed by atoms with E-state index >= 15 is 0 Å². The second-order valence-corrected chi connectivity index (χ2v) is 4.52. The van der Waals surface area contributed by atoms with Crippen LogP contribution in [-0.2, 0) is 17.8 Å². The third-order valence-corrected chi connectivity index (χ3v) is 3.25. The fourth-order valence-electron chi connectivity index (χ4n) is 1.84. The number of hydrogen-bond donors (Lipinski definition) is 1. The highest BCUT2D eigenvalue weighted by atomic mass is 16.5. The maximum absolute atomic E-state index is 5.74. The Morgan fingerprint density at radius 2 is 1.94 bits per heavy atom. The lowest BCUT2D eigenvalue weighted by molar-refractivity contribution is 0.150. The summed E-state index contributed by atoms with van der Waals surface area (Å²) in [6, 6.07) is 8.88. The Balaban J connectivity index is 2.57. The molecule has 96 valence electrons. The Labute approximate surface area is 105 Å². The Kier molecular flexibility index (Phi) is 6.19. The molecule has 2 N–H and O–H groups in total. The third kappa shape index (κ3) is 4.46. The first-order chi connectivity index (χ1) is 8.19. The van der Waals surface area contributed by atoms with Gasteiger partial charge in [0.25, 0.3) is 0 Å². The van der Waals surface area contributed by atoms with Crippen LogP contribution in [-0.4, -0.2) is 31.7 Å². The predicted molar refractivity (Wildman–Crippen MR) is 71.8 cm³/mol. The van der Waals surface area contributed by atoms with Crippen molar-refractivity contribution in [3.8, 4) is 0 Å². The molecule has 0 spiro atoms. The van der Waals surface area contributed by atoms with Crippen molar-refractivity contribution in [3.05, 3.63) is 35.4 Å². The lowest BCUT2D eigenvalue weighted by Crippen LogP contribution is -2.30. The molecular weight excluding hydrogens is 212 g/mol. The molecular formula is C14H24N2O. The number of benzene rings is 1. The van der Waals surface area contributed by atoms with Gasteiger partial charge in [0.2, 0.25) is 0 Å². The lowest BCUT2D eigenvalue weighted by atomic mass is 10.1. The molecule has 0 saturated heterocycles. The maximum atomic E-state index is 5.74. The van der Waals surface area contributed by atoms with Crippen LogP contribution in [0.2, 0.25) is 0 Å². The van der Waals surface area contributed by atoms with Crippen LogP contribution in [0.1, 0.15) is 24.5 Å². The summed E-state index contributed by atoms with van der Waals surface area (Å²) in [5.74, 6) is 0. The second-order valence-electron chi connectivity index (χ2n) is 4.52. The van der Waals surface area contributed by atoms with E-state index in [1.54, 1.807) is 7.11 Å². The summed E-state index contributed by atoms with van der Waals surface area (Å²) in [6.45, 7) is 4.59. The topological polar surface area (TPSA) is 38.5 Å². The zero-order chi connectivity index (χ0) is 12.7. The smallest absolute Gasteiger partial charge is 0.0477 e. The van der Waals surface area contributed by atoms with Gasteiger partial charge in [-0.05, 0) is 31.5 Å². The van der Waals surface area contributed by atoms with E-state index in [4.69, 9.17) is 10.5 Å². The van der Waals surface area contributed by atoms with Crippen molar-refractivity contribution in [2.75, 3.05) is 20.8 Å². The van der Waals surface area contributed by atoms with Crippen molar-refractivity contribution < 1.29 is 4.74 Å². The number of methoxy groups -OCH3 is 1. The summed E-state index contributed by atoms with van der Waals surface area (Å²) >= 11 is 0. The molecule has 1 aromatic carbocycles. The van der Waals surface area contributed by atoms with Gasteiger partial charge in [-0.15, -0.1) is 0 Å². The monoisotopic (exact) mass is 236 g/mol. The summed E-state index contributed by atoms with van der Waals surface area (Å²) in [5, 5.41) is 0. The van der Waals surface area contributed by atoms with E-state index < -0.39 is 0 Å². The van der Waals surface area contributed by atoms with Crippen LogP contribution in [0.3, 0.4) is 0 Å². The number of nitrogens with two attached hydrogens (primary N) is 1. The van der Waals surface area contributed by atoms with Crippen molar-refractivity contribution in [3.63, 3.8) is 0 Å². The molecule has 0 aliphatic rings. The second kappa shape index (κ2) is 7.43. The van der Waals surface area contributed by atoms with Crippen LogP contribution in [0.5, 0.6) is 0 Å². The van der Waals surface area contributed by atoms with Crippen molar-refractivity contribution in [1.82, 2.24) is 4.90 Å². The molecule has 0 radical (unpaired) electrons. The minimum absolute atomic E-state index is 0.515. The third-order valence-electron chi connectivity index (χ3n) is 3.25. The van der Waals surface area contributed by atoms with E-state index in [9.17, 15) is 0 Å². The van der Waals surface area contributed by atoms with Gasteiger partial charge in [0.15, 0.2) is 0 Å². The quantitative estimate of drug-likeness (QED) is 0.787. The number of nitrogens with zero attached hydrogens (tertiary/aromatic N) is 1. The minimum Gasteiger partial charge on any atom is -0.385 e. The standard InChI is InChI=1S/C14H24N2O/c1-12(8-9-17-3)16(2)11-14-7-5-4-6-13(14)10-15/h4-7,12H,8-11,15H2,1-3H3. The normalized spacial score (nSPS) is 13.0. The van der Waals surface area contributed by atoms with Gasteiger partial charge >= 0.3 is 0 Å². The van der Waals surface area contributed by atoms with E-state index in [0.29, 0.717) is 12.6 Å². The molecule has 0 fully saturated rings. The first-order valence-electron chi connectivity index (χ1n) is 6.15. The first-order valence-corrected chi connectivity index (χ1v) is 6.15. The zero-order valence-electron chi connectivity index (χ0n) is 11.1. The van der Waals surface area contributed by atoms with Crippen LogP contribution in [0.4, 0.5) is 0 Å². The van der Waals surface area contributed by atoms with Gasteiger partial charge in [-0.2, -0.15) is 0 Å². The molecule has 1 atom stereocenters. The van der Waals surface area contributed by atoms with Crippen LogP contribution < -0.4 is 5.73 Å². The molecule has 0 heterocycles. The zero-order valence-corrected chi connectivity index (χ0v) is 11.1. The van der Waals surface area contributed by atoms with E-state index in [2.05, 4.69) is 37.1 Å². The fraction of sp³-hybridized carbons (Fsp3) is 0.571. The summed E-state index contributed by atoms with van der Waals surface area (Å²) in [5.41, 5.74) is 8.30. The molecule has 0 bridgehead atoms. The average molecular weight is 236 g/mol. The molecule has 0 saturated carbocycles. The maximum Gasteiger partial charge on any atom is 0.0477 e. The molecule has 3 heteroatoms. The lowest BCUT2D eigenvalue weighted by Gasteiger charge is -2.25. The fourth-order valence-corrected chi connectivity index (χ4v) is 1.84. The Morgan fingerprint density at radius 1 is 1.29 bits per heavy atom. The van der Waals surface area contributed by atoms with Crippen molar-refractivity contribution in [2.24, 2.45) is 5.73 Å². The molecule has 0 aliphatic carbocycles. The predicted octanol–water partition coefficient (Wildman–Crippen LogP) is 2.00. The van der Waals surface area contributed by atoms with Gasteiger partial charge in [-0.25, -0.2) is 0 Å². The Bertz CT molecular complexity index is 328. The molecule has 3 nitrogen and oxygen atoms in total. The van der Waals surface area contributed by atoms with Crippen molar-refractivity contribution in [2.45, 2.75) is 32.5 Å². The van der Waals surface area contributed by atoms with Gasteiger partial charge in [-0.3, -0.25) is 4.90 Å². The molecule has 0 aromatic heterocycles. The van der Waals surface area contributed by atoms with Crippen LogP contribution >= 0.6 is 0 Å². The molecule has 17 heavy (non-hydrogen) atoms. The van der Waals surface area contributed by atoms with Gasteiger partial charge < -0.3 is 10.5 Å². The van der Waals surface area contributed by atoms with Crippen LogP contribution in [0.15, 0.2) is 24.3 Å². The van der Waals surface area contributed by atoms with E-state index in [1.807, 2.05) is 6.07 Å². The highest BCUT2D eigenvalue weighted by Gasteiger charge is 2.10. The minimum atomic E-state index is 0.515. The molecule has 0 amide bonds. The molecule has 1 aromatic rings. The van der Waals surface area contributed by atoms with Crippen LogP contribution in [0.25, 0.3) is 0 Å². The summed E-state index contributed by atoms with van der Waals surface area (Å²) in [6.07, 6.45) is 1.05. The van der Waals surface area contributed by atoms with Crippen molar-refractivity contribution in [1.29, 1.82) is 0 Å². The van der Waals surface area contributed by atoms with Crippen LogP contribution in [0, 0.1) is 0 Å². The first kappa shape index (κ1) is 14.2. The van der Waals surface area contributed by atoms with Crippen molar-refractivity contribution >= 4 is 0 Å². The molecule has 1 rings (SSSR count). The summed E-state index contributed by atoms with van der Waals surface area (Å²) in [7, 11) is 3.89. The van der Waals surface area contributed by atoms with Gasteiger partial charge in [0.1, 0.15) is 0 Å². The van der Waals surface area contributed by atoms with E-state index in [0.717, 1.165) is 19.6 Å². The summed E-state index contributed by atoms with van der Waals surface area (Å²) < 4.78 is 5.11. The SMILES string of the molecule is COCCC(C)N(C)Cc1ccccc1CN. The number of ether oxygens (including phenoxy) is 1. The van der Waals surface area contributed by atoms with Gasteiger partial charge in [0, 0.05) is 32.8 Å². The summed E-state index contributed by atoms with van der Waals surface area (Å²) in [4.78, 5) is 2.34. The average Bonchev–Trinajstić information content (AvgIpc) is 2.36. The highest BCUT2D eigenvalue weighted by molar-refractivity contribution is 5.26. The van der Waals surface area contributed by atoms with Gasteiger partial charge in [-0.1, -0.05) is 24.3 Å². The largest absolute Gasteiger partial charge is 0.385 e. The molecule has 1 unspecified atom stereocenters. The number of hydrogen-bond acceptors (Lipinski definition) is 3. The van der Waals surface area contributed by atoms with Gasteiger partial charge in [0.05, 0.1) is 0 Å². The van der Waals surface area contributed by atoms with E-state index in [-0.39, 0.29) is 0 Å². The highest BCUT2D eigenvalue weighted by Crippen LogP contribution is 2.13. The Hall–Kier alpha value is -0.900. The van der Waals surface area contributed by atoms with E-state index in [1.165, 1.54) is 11.1 Å².